The molecule has 27 heavy (non-hydrogen) atoms. The molecular weight excluding hydrogens is 366 g/mol. The highest BCUT2D eigenvalue weighted by Crippen LogP contribution is 2.36. The van der Waals surface area contributed by atoms with Gasteiger partial charge >= 0.3 is 0 Å². The second kappa shape index (κ2) is 7.32. The number of carbonyl (C=O) groups is 1. The summed E-state index contributed by atoms with van der Waals surface area (Å²) < 4.78 is 38.5. The Labute approximate surface area is 159 Å². The summed E-state index contributed by atoms with van der Waals surface area (Å²) in [6.45, 7) is 3.60. The number of sulfonamides is 1. The van der Waals surface area contributed by atoms with Crippen LogP contribution >= 0.6 is 0 Å². The zero-order valence-electron chi connectivity index (χ0n) is 15.9. The number of hydrogen-bond acceptors (Lipinski definition) is 5. The van der Waals surface area contributed by atoms with Crippen molar-refractivity contribution in [2.24, 2.45) is 0 Å². The lowest BCUT2D eigenvalue weighted by Crippen LogP contribution is -2.42. The normalized spacial score (nSPS) is 17.3. The summed E-state index contributed by atoms with van der Waals surface area (Å²) in [5, 5.41) is 0. The standard InChI is InChI=1S/C20H23NO5S/c1-13-9-16-10-19(25-3)20(26-4)11-17(16)12-21(13)27(23,24)18-7-5-15(6-8-18)14(2)22/h5-8,10-11,13H,9,12H2,1-4H3. The molecule has 0 aromatic heterocycles. The van der Waals surface area contributed by atoms with E-state index in [9.17, 15) is 13.2 Å². The predicted octanol–water partition coefficient (Wildman–Crippen LogP) is 3.04. The van der Waals surface area contributed by atoms with Crippen molar-refractivity contribution in [2.75, 3.05) is 14.2 Å². The molecule has 0 amide bonds. The first-order valence-electron chi connectivity index (χ1n) is 8.64. The summed E-state index contributed by atoms with van der Waals surface area (Å²) in [7, 11) is -0.544. The molecule has 0 spiro atoms. The fourth-order valence-electron chi connectivity index (χ4n) is 3.36. The van der Waals surface area contributed by atoms with Crippen LogP contribution in [-0.4, -0.2) is 38.8 Å². The SMILES string of the molecule is COc1cc2c(cc1OC)CN(S(=O)(=O)c1ccc(C(C)=O)cc1)C(C)C2. The molecule has 2 aromatic rings. The Kier molecular flexibility index (Phi) is 5.26. The lowest BCUT2D eigenvalue weighted by Gasteiger charge is -2.34. The van der Waals surface area contributed by atoms with Crippen LogP contribution in [-0.2, 0) is 23.0 Å². The summed E-state index contributed by atoms with van der Waals surface area (Å²) >= 11 is 0. The molecule has 0 fully saturated rings. The Hall–Kier alpha value is -2.38. The molecular formula is C20H23NO5S. The summed E-state index contributed by atoms with van der Waals surface area (Å²) in [5.41, 5.74) is 2.44. The number of fused-ring (bicyclic) bond motifs is 1. The number of benzene rings is 2. The van der Waals surface area contributed by atoms with Gasteiger partial charge in [-0.3, -0.25) is 4.79 Å². The average molecular weight is 389 g/mol. The van der Waals surface area contributed by atoms with Gasteiger partial charge in [0, 0.05) is 18.2 Å². The fourth-order valence-corrected chi connectivity index (χ4v) is 4.97. The minimum absolute atomic E-state index is 0.0970. The van der Waals surface area contributed by atoms with E-state index in [4.69, 9.17) is 9.47 Å². The van der Waals surface area contributed by atoms with Crippen LogP contribution < -0.4 is 9.47 Å². The van der Waals surface area contributed by atoms with Gasteiger partial charge in [-0.05, 0) is 55.7 Å². The van der Waals surface area contributed by atoms with Crippen LogP contribution in [0, 0.1) is 0 Å². The van der Waals surface area contributed by atoms with Gasteiger partial charge in [0.25, 0.3) is 0 Å². The van der Waals surface area contributed by atoms with Crippen molar-refractivity contribution in [3.05, 3.63) is 53.1 Å². The Morgan fingerprint density at radius 2 is 1.59 bits per heavy atom. The van der Waals surface area contributed by atoms with Crippen LogP contribution in [0.4, 0.5) is 0 Å². The summed E-state index contributed by atoms with van der Waals surface area (Å²) in [6, 6.07) is 9.62. The summed E-state index contributed by atoms with van der Waals surface area (Å²) in [5.74, 6) is 1.12. The van der Waals surface area contributed by atoms with Crippen molar-refractivity contribution in [1.29, 1.82) is 0 Å². The molecule has 0 N–H and O–H groups in total. The predicted molar refractivity (Wildman–Crippen MR) is 102 cm³/mol. The molecule has 1 aliphatic heterocycles. The van der Waals surface area contributed by atoms with E-state index in [-0.39, 0.29) is 23.3 Å². The smallest absolute Gasteiger partial charge is 0.243 e. The quantitative estimate of drug-likeness (QED) is 0.735. The Bertz CT molecular complexity index is 967. The molecule has 3 rings (SSSR count). The molecule has 1 heterocycles. The highest BCUT2D eigenvalue weighted by molar-refractivity contribution is 7.89. The highest BCUT2D eigenvalue weighted by Gasteiger charge is 2.34. The Morgan fingerprint density at radius 3 is 2.11 bits per heavy atom. The molecule has 0 aliphatic carbocycles. The fraction of sp³-hybridized carbons (Fsp3) is 0.350. The van der Waals surface area contributed by atoms with E-state index in [2.05, 4.69) is 0 Å². The van der Waals surface area contributed by atoms with Crippen LogP contribution in [0.15, 0.2) is 41.3 Å². The summed E-state index contributed by atoms with van der Waals surface area (Å²) in [4.78, 5) is 11.6. The maximum atomic E-state index is 13.2. The lowest BCUT2D eigenvalue weighted by atomic mass is 9.96. The van der Waals surface area contributed by atoms with Gasteiger partial charge in [0.15, 0.2) is 17.3 Å². The van der Waals surface area contributed by atoms with Crippen molar-refractivity contribution in [2.45, 2.75) is 37.8 Å². The van der Waals surface area contributed by atoms with Gasteiger partial charge in [0.2, 0.25) is 10.0 Å². The van der Waals surface area contributed by atoms with Gasteiger partial charge < -0.3 is 9.47 Å². The van der Waals surface area contributed by atoms with Gasteiger partial charge in [-0.15, -0.1) is 0 Å². The van der Waals surface area contributed by atoms with Crippen molar-refractivity contribution >= 4 is 15.8 Å². The second-order valence-electron chi connectivity index (χ2n) is 6.66. The molecule has 1 atom stereocenters. The molecule has 144 valence electrons. The molecule has 0 bridgehead atoms. The van der Waals surface area contributed by atoms with Gasteiger partial charge in [-0.2, -0.15) is 4.31 Å². The number of carbonyl (C=O) groups excluding carboxylic acids is 1. The number of methoxy groups -OCH3 is 2. The number of nitrogens with zero attached hydrogens (tertiary/aromatic N) is 1. The third kappa shape index (κ3) is 3.57. The third-order valence-corrected chi connectivity index (χ3v) is 6.88. The minimum atomic E-state index is -3.68. The van der Waals surface area contributed by atoms with Crippen LogP contribution in [0.5, 0.6) is 11.5 Å². The molecule has 6 nitrogen and oxygen atoms in total. The third-order valence-electron chi connectivity index (χ3n) is 4.91. The van der Waals surface area contributed by atoms with Crippen molar-refractivity contribution < 1.29 is 22.7 Å². The van der Waals surface area contributed by atoms with Gasteiger partial charge in [0.05, 0.1) is 19.1 Å². The average Bonchev–Trinajstić information content (AvgIpc) is 2.66. The monoisotopic (exact) mass is 389 g/mol. The molecule has 7 heteroatoms. The van der Waals surface area contributed by atoms with Crippen LogP contribution in [0.2, 0.25) is 0 Å². The first kappa shape index (κ1) is 19.4. The van der Waals surface area contributed by atoms with Gasteiger partial charge in [-0.25, -0.2) is 8.42 Å². The molecule has 0 saturated carbocycles. The molecule has 1 aliphatic rings. The zero-order valence-corrected chi connectivity index (χ0v) is 16.7. The van der Waals surface area contributed by atoms with E-state index in [0.29, 0.717) is 23.5 Å². The minimum Gasteiger partial charge on any atom is -0.493 e. The van der Waals surface area contributed by atoms with Gasteiger partial charge in [0.1, 0.15) is 0 Å². The molecule has 2 aromatic carbocycles. The summed E-state index contributed by atoms with van der Waals surface area (Å²) in [6.07, 6.45) is 0.584. The maximum Gasteiger partial charge on any atom is 0.243 e. The van der Waals surface area contributed by atoms with E-state index >= 15 is 0 Å². The largest absolute Gasteiger partial charge is 0.493 e. The number of Topliss-reactive ketones (excluding diaryl/α,β-unsaturated/α-hetero) is 1. The van der Waals surface area contributed by atoms with Crippen molar-refractivity contribution in [3.8, 4) is 11.5 Å². The van der Waals surface area contributed by atoms with E-state index in [1.807, 2.05) is 19.1 Å². The van der Waals surface area contributed by atoms with E-state index < -0.39 is 10.0 Å². The molecule has 0 saturated heterocycles. The van der Waals surface area contributed by atoms with Crippen LogP contribution in [0.3, 0.4) is 0 Å². The van der Waals surface area contributed by atoms with E-state index in [0.717, 1.165) is 11.1 Å². The number of hydrogen-bond donors (Lipinski definition) is 0. The first-order valence-corrected chi connectivity index (χ1v) is 10.1. The zero-order chi connectivity index (χ0) is 19.8. The first-order chi connectivity index (χ1) is 12.8. The Balaban J connectivity index is 1.96. The van der Waals surface area contributed by atoms with E-state index in [1.165, 1.54) is 23.4 Å². The highest BCUT2D eigenvalue weighted by atomic mass is 32.2. The number of ketones is 1. The van der Waals surface area contributed by atoms with Crippen molar-refractivity contribution in [1.82, 2.24) is 4.31 Å². The van der Waals surface area contributed by atoms with Crippen LogP contribution in [0.1, 0.15) is 35.3 Å². The van der Waals surface area contributed by atoms with E-state index in [1.54, 1.807) is 26.4 Å². The molecule has 0 radical (unpaired) electrons. The van der Waals surface area contributed by atoms with Crippen LogP contribution in [0.25, 0.3) is 0 Å². The number of ether oxygens (including phenoxy) is 2. The molecule has 1 unspecified atom stereocenters. The lowest BCUT2D eigenvalue weighted by molar-refractivity contribution is 0.101. The number of rotatable bonds is 5. The topological polar surface area (TPSA) is 72.9 Å². The Morgan fingerprint density at radius 1 is 1.04 bits per heavy atom. The second-order valence-corrected chi connectivity index (χ2v) is 8.55. The van der Waals surface area contributed by atoms with Gasteiger partial charge in [-0.1, -0.05) is 12.1 Å². The van der Waals surface area contributed by atoms with Crippen molar-refractivity contribution in [3.63, 3.8) is 0 Å². The maximum absolute atomic E-state index is 13.2.